The monoisotopic (exact) mass is 454 g/mol. The van der Waals surface area contributed by atoms with E-state index in [2.05, 4.69) is 26.7 Å². The highest BCUT2D eigenvalue weighted by molar-refractivity contribution is 6.31. The second kappa shape index (κ2) is 10.7. The zero-order valence-electron chi connectivity index (χ0n) is 19.2. The Bertz CT molecular complexity index is 943. The molecule has 1 amide bonds. The van der Waals surface area contributed by atoms with Crippen LogP contribution in [-0.2, 0) is 11.2 Å². The average molecular weight is 455 g/mol. The lowest BCUT2D eigenvalue weighted by molar-refractivity contribution is -0.116. The molecule has 1 aromatic carbocycles. The Kier molecular flexibility index (Phi) is 7.67. The molecule has 6 heteroatoms. The lowest BCUT2D eigenvalue weighted by Gasteiger charge is -2.21. The number of amides is 1. The van der Waals surface area contributed by atoms with Crippen LogP contribution in [0, 0.1) is 12.8 Å². The first-order valence-electron chi connectivity index (χ1n) is 12.2. The number of benzene rings is 1. The first-order valence-corrected chi connectivity index (χ1v) is 12.5. The van der Waals surface area contributed by atoms with Gasteiger partial charge in [0.15, 0.2) is 0 Å². The van der Waals surface area contributed by atoms with E-state index in [-0.39, 0.29) is 11.8 Å². The van der Waals surface area contributed by atoms with Gasteiger partial charge in [-0.15, -0.1) is 16.8 Å². The van der Waals surface area contributed by atoms with Crippen LogP contribution in [0.2, 0.25) is 5.02 Å². The van der Waals surface area contributed by atoms with Gasteiger partial charge in [-0.05, 0) is 56.2 Å². The van der Waals surface area contributed by atoms with Crippen molar-refractivity contribution in [2.75, 3.05) is 5.32 Å². The molecule has 4 rings (SSSR count). The molecule has 0 bridgehead atoms. The Labute approximate surface area is 196 Å². The minimum Gasteiger partial charge on any atom is -0.326 e. The normalized spacial score (nSPS) is 17.8. The van der Waals surface area contributed by atoms with E-state index in [1.807, 2.05) is 31.2 Å². The Morgan fingerprint density at radius 1 is 1.25 bits per heavy atom. The van der Waals surface area contributed by atoms with Gasteiger partial charge in [0.2, 0.25) is 5.91 Å². The topological polar surface area (TPSA) is 59.8 Å². The largest absolute Gasteiger partial charge is 0.326 e. The molecule has 0 aliphatic heterocycles. The molecule has 1 atom stereocenters. The zero-order valence-corrected chi connectivity index (χ0v) is 19.9. The van der Waals surface area contributed by atoms with E-state index < -0.39 is 0 Å². The van der Waals surface area contributed by atoms with Crippen molar-refractivity contribution >= 4 is 23.2 Å². The smallest absolute Gasteiger partial charge is 0.225 e. The van der Waals surface area contributed by atoms with Crippen molar-refractivity contribution in [1.29, 1.82) is 0 Å². The highest BCUT2D eigenvalue weighted by Crippen LogP contribution is 2.40. The summed E-state index contributed by atoms with van der Waals surface area (Å²) in [5, 5.41) is 12.9. The van der Waals surface area contributed by atoms with Crippen LogP contribution in [-0.4, -0.2) is 20.7 Å². The SMILES string of the molecule is C=CCC(CC(=O)Nc1cccc(Cl)c1C)c1nnc(CCC2CCCCC2)n1C1CC1. The maximum Gasteiger partial charge on any atom is 0.225 e. The van der Waals surface area contributed by atoms with Crippen LogP contribution in [0.15, 0.2) is 30.9 Å². The van der Waals surface area contributed by atoms with Gasteiger partial charge in [0.25, 0.3) is 0 Å². The van der Waals surface area contributed by atoms with Crippen LogP contribution in [0.5, 0.6) is 0 Å². The average Bonchev–Trinajstić information content (AvgIpc) is 3.54. The molecule has 2 aromatic rings. The summed E-state index contributed by atoms with van der Waals surface area (Å²) in [5.74, 6) is 2.82. The lowest BCUT2D eigenvalue weighted by atomic mass is 9.86. The maximum atomic E-state index is 12.9. The summed E-state index contributed by atoms with van der Waals surface area (Å²) in [7, 11) is 0. The van der Waals surface area contributed by atoms with Gasteiger partial charge >= 0.3 is 0 Å². The number of aryl methyl sites for hydroxylation is 1. The fourth-order valence-corrected chi connectivity index (χ4v) is 5.15. The summed E-state index contributed by atoms with van der Waals surface area (Å²) in [6.45, 7) is 5.85. The molecule has 1 unspecified atom stereocenters. The van der Waals surface area contributed by atoms with Crippen LogP contribution in [0.25, 0.3) is 0 Å². The molecule has 2 fully saturated rings. The quantitative estimate of drug-likeness (QED) is 0.402. The van der Waals surface area contributed by atoms with Crippen LogP contribution in [0.3, 0.4) is 0 Å². The van der Waals surface area contributed by atoms with E-state index in [9.17, 15) is 4.79 Å². The van der Waals surface area contributed by atoms with E-state index in [1.54, 1.807) is 0 Å². The van der Waals surface area contributed by atoms with E-state index >= 15 is 0 Å². The molecule has 2 saturated carbocycles. The Hall–Kier alpha value is -2.14. The van der Waals surface area contributed by atoms with E-state index in [1.165, 1.54) is 51.4 Å². The number of allylic oxidation sites excluding steroid dienone is 1. The van der Waals surface area contributed by atoms with Crippen molar-refractivity contribution in [2.45, 2.75) is 89.5 Å². The number of anilines is 1. The molecule has 32 heavy (non-hydrogen) atoms. The molecule has 0 spiro atoms. The van der Waals surface area contributed by atoms with Gasteiger partial charge in [0, 0.05) is 35.5 Å². The third kappa shape index (κ3) is 5.61. The third-order valence-electron chi connectivity index (χ3n) is 7.00. The van der Waals surface area contributed by atoms with Crippen molar-refractivity contribution in [3.05, 3.63) is 53.1 Å². The number of halogens is 1. The lowest BCUT2D eigenvalue weighted by Crippen LogP contribution is -2.19. The van der Waals surface area contributed by atoms with Crippen LogP contribution < -0.4 is 5.32 Å². The molecule has 172 valence electrons. The summed E-state index contributed by atoms with van der Waals surface area (Å²) in [5.41, 5.74) is 1.64. The van der Waals surface area contributed by atoms with Crippen molar-refractivity contribution in [2.24, 2.45) is 5.92 Å². The number of hydrogen-bond donors (Lipinski definition) is 1. The van der Waals surface area contributed by atoms with Gasteiger partial charge in [-0.1, -0.05) is 55.8 Å². The summed E-state index contributed by atoms with van der Waals surface area (Å²) < 4.78 is 2.36. The molecule has 0 radical (unpaired) electrons. The van der Waals surface area contributed by atoms with Gasteiger partial charge in [-0.3, -0.25) is 4.79 Å². The van der Waals surface area contributed by atoms with Gasteiger partial charge < -0.3 is 9.88 Å². The van der Waals surface area contributed by atoms with Gasteiger partial charge in [-0.25, -0.2) is 0 Å². The number of nitrogens with one attached hydrogen (secondary N) is 1. The number of hydrogen-bond acceptors (Lipinski definition) is 3. The van der Waals surface area contributed by atoms with Crippen LogP contribution in [0.4, 0.5) is 5.69 Å². The highest BCUT2D eigenvalue weighted by atomic mass is 35.5. The second-order valence-corrected chi connectivity index (χ2v) is 9.91. The summed E-state index contributed by atoms with van der Waals surface area (Å²) in [4.78, 5) is 12.9. The van der Waals surface area contributed by atoms with Crippen LogP contribution in [0.1, 0.15) is 93.4 Å². The van der Waals surface area contributed by atoms with E-state index in [0.29, 0.717) is 23.9 Å². The van der Waals surface area contributed by atoms with E-state index in [4.69, 9.17) is 11.6 Å². The minimum absolute atomic E-state index is 0.0245. The Morgan fingerprint density at radius 3 is 2.75 bits per heavy atom. The summed E-state index contributed by atoms with van der Waals surface area (Å²) >= 11 is 6.21. The predicted molar refractivity (Wildman–Crippen MR) is 130 cm³/mol. The molecular weight excluding hydrogens is 420 g/mol. The van der Waals surface area contributed by atoms with Crippen molar-refractivity contribution < 1.29 is 4.79 Å². The Balaban J connectivity index is 1.47. The molecular formula is C26H35ClN4O. The molecule has 0 saturated heterocycles. The first kappa shape index (κ1) is 23.0. The van der Waals surface area contributed by atoms with Crippen molar-refractivity contribution in [3.63, 3.8) is 0 Å². The van der Waals surface area contributed by atoms with Crippen molar-refractivity contribution in [3.8, 4) is 0 Å². The molecule has 1 N–H and O–H groups in total. The number of aromatic nitrogens is 3. The molecule has 2 aliphatic rings. The fourth-order valence-electron chi connectivity index (χ4n) is 4.98. The second-order valence-electron chi connectivity index (χ2n) is 9.50. The van der Waals surface area contributed by atoms with Crippen molar-refractivity contribution in [1.82, 2.24) is 14.8 Å². The maximum absolute atomic E-state index is 12.9. The number of carbonyl (C=O) groups excluding carboxylic acids is 1. The number of rotatable bonds is 10. The first-order chi connectivity index (χ1) is 15.6. The molecule has 1 heterocycles. The van der Waals surface area contributed by atoms with Gasteiger partial charge in [0.1, 0.15) is 11.6 Å². The Morgan fingerprint density at radius 2 is 2.03 bits per heavy atom. The summed E-state index contributed by atoms with van der Waals surface area (Å²) in [6.07, 6.45) is 14.3. The molecule has 5 nitrogen and oxygen atoms in total. The van der Waals surface area contributed by atoms with E-state index in [0.717, 1.165) is 35.2 Å². The third-order valence-corrected chi connectivity index (χ3v) is 7.41. The molecule has 2 aliphatic carbocycles. The van der Waals surface area contributed by atoms with Crippen LogP contribution >= 0.6 is 11.6 Å². The summed E-state index contributed by atoms with van der Waals surface area (Å²) in [6, 6.07) is 6.07. The molecule has 1 aromatic heterocycles. The highest BCUT2D eigenvalue weighted by Gasteiger charge is 2.32. The minimum atomic E-state index is -0.0312. The predicted octanol–water partition coefficient (Wildman–Crippen LogP) is 6.78. The number of nitrogens with zero attached hydrogens (tertiary/aromatic N) is 3. The zero-order chi connectivity index (χ0) is 22.5. The standard InChI is InChI=1S/C26H35ClN4O/c1-3-8-20(17-25(32)28-23-12-7-11-22(27)18(23)2)26-30-29-24(31(26)21-14-15-21)16-13-19-9-5-4-6-10-19/h3,7,11-12,19-21H,1,4-6,8-10,13-17H2,2H3,(H,28,32). The van der Waals surface area contributed by atoms with Gasteiger partial charge in [-0.2, -0.15) is 0 Å². The fraction of sp³-hybridized carbons (Fsp3) is 0.577. The number of carbonyl (C=O) groups is 1. The van der Waals surface area contributed by atoms with Gasteiger partial charge in [0.05, 0.1) is 0 Å².